The van der Waals surface area contributed by atoms with Crippen molar-refractivity contribution in [2.45, 2.75) is 37.8 Å². The van der Waals surface area contributed by atoms with Crippen molar-refractivity contribution in [2.24, 2.45) is 11.1 Å². The van der Waals surface area contributed by atoms with Crippen molar-refractivity contribution in [1.29, 1.82) is 0 Å². The van der Waals surface area contributed by atoms with Gasteiger partial charge >= 0.3 is 6.03 Å². The number of nitrogens with two attached hydrogens (primary N) is 1. The molecule has 0 radical (unpaired) electrons. The Hall–Kier alpha value is -0.860. The van der Waals surface area contributed by atoms with Gasteiger partial charge in [0.1, 0.15) is 0 Å². The molecule has 3 heterocycles. The molecule has 0 aliphatic carbocycles. The molecule has 3 fully saturated rings. The Morgan fingerprint density at radius 2 is 2.09 bits per heavy atom. The number of urea groups is 1. The molecule has 7 nitrogen and oxygen atoms in total. The SMILES string of the molecule is NCC1CC2(CCN(C(=O)NC3CCS(=O)(=O)C3)CC2)CO1. The van der Waals surface area contributed by atoms with E-state index < -0.39 is 9.84 Å². The highest BCUT2D eigenvalue weighted by molar-refractivity contribution is 7.91. The van der Waals surface area contributed by atoms with Crippen molar-refractivity contribution in [3.63, 3.8) is 0 Å². The predicted octanol–water partition coefficient (Wildman–Crippen LogP) is -0.287. The fourth-order valence-corrected chi connectivity index (χ4v) is 5.43. The number of carbonyl (C=O) groups excluding carboxylic acids is 1. The van der Waals surface area contributed by atoms with Crippen LogP contribution in [0.25, 0.3) is 0 Å². The largest absolute Gasteiger partial charge is 0.376 e. The van der Waals surface area contributed by atoms with Gasteiger partial charge in [0.2, 0.25) is 0 Å². The van der Waals surface area contributed by atoms with Gasteiger partial charge in [-0.25, -0.2) is 13.2 Å². The quantitative estimate of drug-likeness (QED) is 0.724. The van der Waals surface area contributed by atoms with Crippen LogP contribution < -0.4 is 11.1 Å². The molecular weight excluding hydrogens is 306 g/mol. The van der Waals surface area contributed by atoms with Crippen LogP contribution in [0.4, 0.5) is 4.79 Å². The average molecular weight is 331 g/mol. The number of likely N-dealkylation sites (tertiary alicyclic amines) is 1. The molecule has 0 aromatic heterocycles. The third kappa shape index (κ3) is 3.38. The van der Waals surface area contributed by atoms with Crippen molar-refractivity contribution in [1.82, 2.24) is 10.2 Å². The molecule has 2 unspecified atom stereocenters. The van der Waals surface area contributed by atoms with Crippen LogP contribution >= 0.6 is 0 Å². The van der Waals surface area contributed by atoms with Gasteiger partial charge in [0.25, 0.3) is 0 Å². The lowest BCUT2D eigenvalue weighted by Gasteiger charge is -2.38. The maximum atomic E-state index is 12.3. The molecule has 0 saturated carbocycles. The molecule has 2 atom stereocenters. The maximum Gasteiger partial charge on any atom is 0.317 e. The summed E-state index contributed by atoms with van der Waals surface area (Å²) in [7, 11) is -2.96. The Morgan fingerprint density at radius 1 is 1.36 bits per heavy atom. The van der Waals surface area contributed by atoms with Gasteiger partial charge in [0.15, 0.2) is 9.84 Å². The molecule has 3 saturated heterocycles. The van der Waals surface area contributed by atoms with Gasteiger partial charge in [0, 0.05) is 25.7 Å². The summed E-state index contributed by atoms with van der Waals surface area (Å²) in [5, 5.41) is 2.86. The third-order valence-corrected chi connectivity index (χ3v) is 6.99. The van der Waals surface area contributed by atoms with Gasteiger partial charge in [0.05, 0.1) is 24.2 Å². The molecule has 22 heavy (non-hydrogen) atoms. The second kappa shape index (κ2) is 5.98. The van der Waals surface area contributed by atoms with Gasteiger partial charge in [-0.3, -0.25) is 0 Å². The van der Waals surface area contributed by atoms with Crippen molar-refractivity contribution < 1.29 is 17.9 Å². The van der Waals surface area contributed by atoms with Crippen LogP contribution in [0.15, 0.2) is 0 Å². The number of sulfone groups is 1. The highest BCUT2D eigenvalue weighted by atomic mass is 32.2. The molecule has 2 amide bonds. The van der Waals surface area contributed by atoms with E-state index in [0.717, 1.165) is 25.9 Å². The molecule has 1 spiro atoms. The number of hydrogen-bond acceptors (Lipinski definition) is 5. The minimum Gasteiger partial charge on any atom is -0.376 e. The van der Waals surface area contributed by atoms with E-state index in [9.17, 15) is 13.2 Å². The summed E-state index contributed by atoms with van der Waals surface area (Å²) in [5.41, 5.74) is 5.84. The van der Waals surface area contributed by atoms with E-state index in [1.165, 1.54) is 0 Å². The number of piperidine rings is 1. The zero-order valence-corrected chi connectivity index (χ0v) is 13.6. The first-order valence-electron chi connectivity index (χ1n) is 7.99. The van der Waals surface area contributed by atoms with Crippen molar-refractivity contribution >= 4 is 15.9 Å². The number of ether oxygens (including phenoxy) is 1. The lowest BCUT2D eigenvalue weighted by Crippen LogP contribution is -2.50. The number of rotatable bonds is 2. The second-order valence-electron chi connectivity index (χ2n) is 6.91. The summed E-state index contributed by atoms with van der Waals surface area (Å²) in [6, 6.07) is -0.365. The number of amides is 2. The van der Waals surface area contributed by atoms with Crippen LogP contribution in [0.5, 0.6) is 0 Å². The van der Waals surface area contributed by atoms with E-state index in [4.69, 9.17) is 10.5 Å². The van der Waals surface area contributed by atoms with Crippen molar-refractivity contribution in [3.8, 4) is 0 Å². The third-order valence-electron chi connectivity index (χ3n) is 5.22. The lowest BCUT2D eigenvalue weighted by atomic mass is 9.77. The van der Waals surface area contributed by atoms with E-state index in [-0.39, 0.29) is 35.1 Å². The minimum atomic E-state index is -2.96. The smallest absolute Gasteiger partial charge is 0.317 e. The van der Waals surface area contributed by atoms with Crippen LogP contribution in [0, 0.1) is 5.41 Å². The van der Waals surface area contributed by atoms with E-state index in [1.807, 2.05) is 0 Å². The molecule has 3 aliphatic rings. The fraction of sp³-hybridized carbons (Fsp3) is 0.929. The van der Waals surface area contributed by atoms with Gasteiger partial charge in [-0.1, -0.05) is 0 Å². The van der Waals surface area contributed by atoms with E-state index in [0.29, 0.717) is 26.1 Å². The number of nitrogens with one attached hydrogen (secondary N) is 1. The Morgan fingerprint density at radius 3 is 2.64 bits per heavy atom. The highest BCUT2D eigenvalue weighted by Crippen LogP contribution is 2.41. The lowest BCUT2D eigenvalue weighted by molar-refractivity contribution is 0.0739. The van der Waals surface area contributed by atoms with Gasteiger partial charge in [-0.05, 0) is 31.1 Å². The van der Waals surface area contributed by atoms with Crippen LogP contribution in [0.2, 0.25) is 0 Å². The number of carbonyl (C=O) groups is 1. The first-order chi connectivity index (χ1) is 10.4. The molecule has 3 N–H and O–H groups in total. The maximum absolute atomic E-state index is 12.3. The van der Waals surface area contributed by atoms with Gasteiger partial charge in [-0.2, -0.15) is 0 Å². The fourth-order valence-electron chi connectivity index (χ4n) is 3.75. The summed E-state index contributed by atoms with van der Waals surface area (Å²) in [4.78, 5) is 14.1. The monoisotopic (exact) mass is 331 g/mol. The standard InChI is InChI=1S/C14H25N3O4S/c15-8-12-7-14(10-21-12)2-4-17(5-3-14)13(18)16-11-1-6-22(19,20)9-11/h11-12H,1-10,15H2,(H,16,18). The molecule has 0 aromatic rings. The first-order valence-corrected chi connectivity index (χ1v) is 9.81. The van der Waals surface area contributed by atoms with Gasteiger partial charge < -0.3 is 20.7 Å². The minimum absolute atomic E-state index is 0.0720. The van der Waals surface area contributed by atoms with Crippen molar-refractivity contribution in [2.75, 3.05) is 37.7 Å². The summed E-state index contributed by atoms with van der Waals surface area (Å²) < 4.78 is 28.6. The van der Waals surface area contributed by atoms with Crippen LogP contribution in [0.3, 0.4) is 0 Å². The van der Waals surface area contributed by atoms with E-state index >= 15 is 0 Å². The van der Waals surface area contributed by atoms with Crippen LogP contribution in [0.1, 0.15) is 25.7 Å². The number of nitrogens with zero attached hydrogens (tertiary/aromatic N) is 1. The highest BCUT2D eigenvalue weighted by Gasteiger charge is 2.43. The molecule has 126 valence electrons. The predicted molar refractivity (Wildman–Crippen MR) is 82.2 cm³/mol. The Balaban J connectivity index is 1.48. The van der Waals surface area contributed by atoms with Crippen LogP contribution in [-0.2, 0) is 14.6 Å². The Bertz CT molecular complexity index is 528. The van der Waals surface area contributed by atoms with E-state index in [1.54, 1.807) is 4.90 Å². The van der Waals surface area contributed by atoms with Crippen molar-refractivity contribution in [3.05, 3.63) is 0 Å². The first kappa shape index (κ1) is 16.0. The van der Waals surface area contributed by atoms with Crippen LogP contribution in [-0.4, -0.2) is 69.2 Å². The molecular formula is C14H25N3O4S. The normalized spacial score (nSPS) is 33.2. The zero-order valence-electron chi connectivity index (χ0n) is 12.8. The molecule has 3 aliphatic heterocycles. The topological polar surface area (TPSA) is 102 Å². The Kier molecular flexibility index (Phi) is 4.35. The summed E-state index contributed by atoms with van der Waals surface area (Å²) in [6.07, 6.45) is 3.53. The van der Waals surface area contributed by atoms with Gasteiger partial charge in [-0.15, -0.1) is 0 Å². The summed E-state index contributed by atoms with van der Waals surface area (Å²) in [5.74, 6) is 0.251. The summed E-state index contributed by atoms with van der Waals surface area (Å²) >= 11 is 0. The number of hydrogen-bond donors (Lipinski definition) is 2. The zero-order chi connectivity index (χ0) is 15.8. The Labute approximate surface area is 131 Å². The average Bonchev–Trinajstić information content (AvgIpc) is 3.03. The molecule has 0 bridgehead atoms. The second-order valence-corrected chi connectivity index (χ2v) is 9.14. The summed E-state index contributed by atoms with van der Waals surface area (Å²) in [6.45, 7) is 2.70. The van der Waals surface area contributed by atoms with E-state index in [2.05, 4.69) is 5.32 Å². The molecule has 8 heteroatoms. The molecule has 0 aromatic carbocycles. The molecule has 3 rings (SSSR count).